The summed E-state index contributed by atoms with van der Waals surface area (Å²) in [6.07, 6.45) is 4.00. The third-order valence-electron chi connectivity index (χ3n) is 3.92. The topological polar surface area (TPSA) is 30.2 Å². The summed E-state index contributed by atoms with van der Waals surface area (Å²) in [4.78, 5) is 13.9. The van der Waals surface area contributed by atoms with Crippen molar-refractivity contribution in [1.29, 1.82) is 0 Å². The van der Waals surface area contributed by atoms with Gasteiger partial charge in [0.05, 0.1) is 10.3 Å². The normalized spacial score (nSPS) is 14.7. The highest BCUT2D eigenvalue weighted by Gasteiger charge is 2.20. The Balaban J connectivity index is 2.09. The van der Waals surface area contributed by atoms with Gasteiger partial charge in [-0.1, -0.05) is 48.6 Å². The van der Waals surface area contributed by atoms with Gasteiger partial charge in [-0.3, -0.25) is 4.79 Å². The zero-order valence-electron chi connectivity index (χ0n) is 12.7. The maximum absolute atomic E-state index is 13.1. The van der Waals surface area contributed by atoms with Crippen LogP contribution in [0.15, 0.2) is 85.6 Å². The van der Waals surface area contributed by atoms with E-state index in [1.165, 1.54) is 0 Å². The Hall–Kier alpha value is -2.52. The number of thiol groups is 1. The molecule has 114 valence electrons. The van der Waals surface area contributed by atoms with Gasteiger partial charge in [-0.2, -0.15) is 10.9 Å². The second kappa shape index (κ2) is 5.60. The summed E-state index contributed by atoms with van der Waals surface area (Å²) >= 11 is 0. The Morgan fingerprint density at radius 3 is 2.43 bits per heavy atom. The summed E-state index contributed by atoms with van der Waals surface area (Å²) in [7, 11) is -0.754. The lowest BCUT2D eigenvalue weighted by Crippen LogP contribution is -2.08. The summed E-state index contributed by atoms with van der Waals surface area (Å²) < 4.78 is 6.20. The van der Waals surface area contributed by atoms with Gasteiger partial charge >= 0.3 is 0 Å². The first-order valence-corrected chi connectivity index (χ1v) is 8.98. The van der Waals surface area contributed by atoms with Crippen molar-refractivity contribution in [1.82, 2.24) is 0 Å². The van der Waals surface area contributed by atoms with Crippen molar-refractivity contribution in [3.63, 3.8) is 0 Å². The van der Waals surface area contributed by atoms with Crippen LogP contribution in [0, 0.1) is 6.92 Å². The van der Waals surface area contributed by atoms with E-state index in [-0.39, 0.29) is 5.43 Å². The fourth-order valence-electron chi connectivity index (χ4n) is 2.79. The fourth-order valence-corrected chi connectivity index (χ4v) is 4.53. The number of hydrogen-bond acceptors (Lipinski definition) is 2. The van der Waals surface area contributed by atoms with E-state index in [1.54, 1.807) is 0 Å². The smallest absolute Gasteiger partial charge is 0.205 e. The molecule has 0 radical (unpaired) electrons. The Labute approximate surface area is 137 Å². The molecule has 3 heteroatoms. The van der Waals surface area contributed by atoms with Crippen LogP contribution in [-0.2, 0) is 0 Å². The zero-order chi connectivity index (χ0) is 15.8. The van der Waals surface area contributed by atoms with Crippen LogP contribution >= 0.6 is 10.9 Å². The molecule has 0 spiro atoms. The third-order valence-corrected chi connectivity index (χ3v) is 5.83. The Bertz CT molecular complexity index is 985. The summed E-state index contributed by atoms with van der Waals surface area (Å²) in [6, 6.07) is 15.6. The Morgan fingerprint density at radius 1 is 0.957 bits per heavy atom. The first-order valence-electron chi connectivity index (χ1n) is 7.50. The lowest BCUT2D eigenvalue weighted by Gasteiger charge is -2.15. The van der Waals surface area contributed by atoms with Crippen molar-refractivity contribution in [2.24, 2.45) is 0 Å². The molecule has 0 saturated carbocycles. The molecule has 1 aliphatic rings. The molecule has 1 aromatic heterocycles. The van der Waals surface area contributed by atoms with E-state index in [9.17, 15) is 4.79 Å². The average Bonchev–Trinajstić information content (AvgIpc) is 3.09. The molecular formula is C20H16O2S. The molecule has 0 bridgehead atoms. The number of rotatable bonds is 2. The van der Waals surface area contributed by atoms with Gasteiger partial charge in [0.1, 0.15) is 5.58 Å². The fraction of sp³-hybridized carbons (Fsp3) is 0.0500. The maximum atomic E-state index is 13.1. The van der Waals surface area contributed by atoms with Gasteiger partial charge in [0.25, 0.3) is 0 Å². The monoisotopic (exact) mass is 320 g/mol. The summed E-state index contributed by atoms with van der Waals surface area (Å²) in [6.45, 7) is 2.00. The van der Waals surface area contributed by atoms with Crippen LogP contribution in [-0.4, -0.2) is 0 Å². The molecule has 1 aliphatic heterocycles. The second-order valence-electron chi connectivity index (χ2n) is 5.56. The third kappa shape index (κ3) is 2.43. The van der Waals surface area contributed by atoms with Crippen LogP contribution < -0.4 is 5.43 Å². The van der Waals surface area contributed by atoms with Gasteiger partial charge in [0, 0.05) is 5.56 Å². The standard InChI is InChI=1S/C20H16O2S/c1-14-9-10-16-17(13-14)22-19(15-7-3-2-4-8-15)20(18(16)21)23-11-5-6-12-23/h2-13,23H,1H3. The number of fused-ring (bicyclic) bond motifs is 1. The van der Waals surface area contributed by atoms with E-state index < -0.39 is 10.9 Å². The molecule has 0 amide bonds. The lowest BCUT2D eigenvalue weighted by molar-refractivity contribution is 0.605. The van der Waals surface area contributed by atoms with Gasteiger partial charge in [-0.25, -0.2) is 0 Å². The van der Waals surface area contributed by atoms with Crippen molar-refractivity contribution in [2.45, 2.75) is 11.8 Å². The minimum atomic E-state index is -0.754. The molecule has 0 fully saturated rings. The van der Waals surface area contributed by atoms with Crippen LogP contribution in [0.4, 0.5) is 0 Å². The minimum Gasteiger partial charge on any atom is -0.455 e. The predicted octanol–water partition coefficient (Wildman–Crippen LogP) is 5.17. The molecule has 4 rings (SSSR count). The Kier molecular flexibility index (Phi) is 3.43. The van der Waals surface area contributed by atoms with E-state index >= 15 is 0 Å². The molecular weight excluding hydrogens is 304 g/mol. The average molecular weight is 320 g/mol. The maximum Gasteiger partial charge on any atom is 0.205 e. The number of aryl methyl sites for hydroxylation is 1. The van der Waals surface area contributed by atoms with Crippen LogP contribution in [0.25, 0.3) is 22.3 Å². The quantitative estimate of drug-likeness (QED) is 0.660. The summed E-state index contributed by atoms with van der Waals surface area (Å²) in [5.41, 5.74) is 2.75. The SMILES string of the molecule is Cc1ccc2c(=O)c([SH]3C=CC=C3)c(-c3ccccc3)oc2c1. The second-order valence-corrected chi connectivity index (χ2v) is 7.42. The van der Waals surface area contributed by atoms with Gasteiger partial charge < -0.3 is 4.42 Å². The largest absolute Gasteiger partial charge is 0.455 e. The minimum absolute atomic E-state index is 0.0763. The molecule has 0 unspecified atom stereocenters. The van der Waals surface area contributed by atoms with Gasteiger partial charge in [-0.15, -0.1) is 0 Å². The lowest BCUT2D eigenvalue weighted by atomic mass is 10.1. The van der Waals surface area contributed by atoms with E-state index in [1.807, 2.05) is 67.6 Å². The molecule has 0 saturated heterocycles. The molecule has 3 aromatic rings. The number of allylic oxidation sites excluding steroid dienone is 2. The van der Waals surface area contributed by atoms with Crippen LogP contribution in [0.3, 0.4) is 0 Å². The summed E-state index contributed by atoms with van der Waals surface area (Å²) in [5, 5.41) is 4.84. The molecule has 0 N–H and O–H groups in total. The van der Waals surface area contributed by atoms with Crippen molar-refractivity contribution in [2.75, 3.05) is 0 Å². The van der Waals surface area contributed by atoms with E-state index in [4.69, 9.17) is 4.42 Å². The zero-order valence-corrected chi connectivity index (χ0v) is 13.6. The van der Waals surface area contributed by atoms with Crippen molar-refractivity contribution < 1.29 is 4.42 Å². The van der Waals surface area contributed by atoms with Crippen molar-refractivity contribution in [3.8, 4) is 11.3 Å². The van der Waals surface area contributed by atoms with Crippen LogP contribution in [0.1, 0.15) is 5.56 Å². The highest BCUT2D eigenvalue weighted by Crippen LogP contribution is 2.45. The molecule has 2 nitrogen and oxygen atoms in total. The molecule has 2 heterocycles. The molecule has 0 aliphatic carbocycles. The van der Waals surface area contributed by atoms with Gasteiger partial charge in [0.15, 0.2) is 5.76 Å². The highest BCUT2D eigenvalue weighted by molar-refractivity contribution is 8.22. The summed E-state index contributed by atoms with van der Waals surface area (Å²) in [5.74, 6) is 0.691. The highest BCUT2D eigenvalue weighted by atomic mass is 32.2. The Morgan fingerprint density at radius 2 is 1.70 bits per heavy atom. The van der Waals surface area contributed by atoms with E-state index in [0.29, 0.717) is 16.7 Å². The molecule has 23 heavy (non-hydrogen) atoms. The molecule has 0 atom stereocenters. The van der Waals surface area contributed by atoms with Gasteiger partial charge in [0.2, 0.25) is 5.43 Å². The van der Waals surface area contributed by atoms with Crippen LogP contribution in [0.2, 0.25) is 0 Å². The van der Waals surface area contributed by atoms with Crippen LogP contribution in [0.5, 0.6) is 0 Å². The van der Waals surface area contributed by atoms with Crippen molar-refractivity contribution in [3.05, 3.63) is 87.3 Å². The predicted molar refractivity (Wildman–Crippen MR) is 98.2 cm³/mol. The van der Waals surface area contributed by atoms with Crippen molar-refractivity contribution >= 4 is 21.9 Å². The number of hydrogen-bond donors (Lipinski definition) is 1. The first-order chi connectivity index (χ1) is 11.2. The first kappa shape index (κ1) is 14.1. The van der Waals surface area contributed by atoms with Gasteiger partial charge in [-0.05, 0) is 35.4 Å². The number of benzene rings is 2. The van der Waals surface area contributed by atoms with E-state index in [2.05, 4.69) is 10.8 Å². The van der Waals surface area contributed by atoms with E-state index in [0.717, 1.165) is 16.0 Å². The molecule has 2 aromatic carbocycles.